The molecular formula is C15H29N3O3. The minimum Gasteiger partial charge on any atom is -0.409 e. The van der Waals surface area contributed by atoms with E-state index in [-0.39, 0.29) is 23.7 Å². The summed E-state index contributed by atoms with van der Waals surface area (Å²) in [7, 11) is 1.62. The number of hydrogen-bond donors (Lipinski definition) is 3. The Morgan fingerprint density at radius 1 is 1.33 bits per heavy atom. The van der Waals surface area contributed by atoms with Crippen LogP contribution in [0.4, 0.5) is 0 Å². The Bertz CT molecular complexity index is 361. The largest absolute Gasteiger partial charge is 0.409 e. The van der Waals surface area contributed by atoms with Crippen molar-refractivity contribution in [2.75, 3.05) is 13.7 Å². The molecule has 0 saturated heterocycles. The molecule has 1 aliphatic rings. The highest BCUT2D eigenvalue weighted by atomic mass is 16.5. The number of amides is 1. The normalized spacial score (nSPS) is 20.9. The number of nitrogens with zero attached hydrogens (tertiary/aromatic N) is 1. The summed E-state index contributed by atoms with van der Waals surface area (Å²) in [5, 5.41) is 15.3. The summed E-state index contributed by atoms with van der Waals surface area (Å²) in [6.45, 7) is 4.52. The highest BCUT2D eigenvalue weighted by Crippen LogP contribution is 2.36. The molecule has 0 aromatic carbocycles. The van der Waals surface area contributed by atoms with Crippen LogP contribution in [0.5, 0.6) is 0 Å². The molecule has 1 amide bonds. The molecule has 0 aliphatic heterocycles. The standard InChI is InChI=1S/C15H29N3O3/c1-11(2)12(10-21-3)17-14(19)15(13(16)18-20)8-6-4-5-7-9-15/h11-12,20H,4-10H2,1-3H3,(H2,16,18)(H,17,19). The molecule has 21 heavy (non-hydrogen) atoms. The SMILES string of the molecule is COCC(NC(=O)C1(C(N)=NO)CCCCCC1)C(C)C. The molecule has 0 aromatic rings. The van der Waals surface area contributed by atoms with E-state index in [0.717, 1.165) is 25.7 Å². The molecule has 6 heteroatoms. The van der Waals surface area contributed by atoms with Crippen LogP contribution in [0.2, 0.25) is 0 Å². The van der Waals surface area contributed by atoms with Gasteiger partial charge in [-0.05, 0) is 18.8 Å². The summed E-state index contributed by atoms with van der Waals surface area (Å²) >= 11 is 0. The molecule has 1 aliphatic carbocycles. The maximum absolute atomic E-state index is 12.8. The first-order valence-corrected chi connectivity index (χ1v) is 7.76. The van der Waals surface area contributed by atoms with Crippen LogP contribution >= 0.6 is 0 Å². The van der Waals surface area contributed by atoms with Gasteiger partial charge in [0, 0.05) is 7.11 Å². The number of methoxy groups -OCH3 is 1. The van der Waals surface area contributed by atoms with Crippen molar-refractivity contribution >= 4 is 11.7 Å². The fraction of sp³-hybridized carbons (Fsp3) is 0.867. The van der Waals surface area contributed by atoms with Crippen LogP contribution in [0.3, 0.4) is 0 Å². The third kappa shape index (κ3) is 4.33. The van der Waals surface area contributed by atoms with Crippen LogP contribution in [-0.4, -0.2) is 36.7 Å². The van der Waals surface area contributed by atoms with E-state index in [9.17, 15) is 4.79 Å². The van der Waals surface area contributed by atoms with E-state index >= 15 is 0 Å². The highest BCUT2D eigenvalue weighted by molar-refractivity contribution is 6.06. The predicted octanol–water partition coefficient (Wildman–Crippen LogP) is 1.86. The number of carbonyl (C=O) groups is 1. The lowest BCUT2D eigenvalue weighted by Crippen LogP contribution is -2.54. The number of amidine groups is 1. The van der Waals surface area contributed by atoms with Gasteiger partial charge in [-0.15, -0.1) is 0 Å². The van der Waals surface area contributed by atoms with E-state index in [0.29, 0.717) is 19.4 Å². The Balaban J connectivity index is 2.94. The van der Waals surface area contributed by atoms with Gasteiger partial charge in [0.2, 0.25) is 5.91 Å². The van der Waals surface area contributed by atoms with E-state index in [1.165, 1.54) is 0 Å². The van der Waals surface area contributed by atoms with Gasteiger partial charge in [0.05, 0.1) is 12.6 Å². The van der Waals surface area contributed by atoms with Crippen LogP contribution in [0.15, 0.2) is 5.16 Å². The zero-order valence-corrected chi connectivity index (χ0v) is 13.4. The first kappa shape index (κ1) is 17.8. The number of carbonyl (C=O) groups excluding carboxylic acids is 1. The van der Waals surface area contributed by atoms with Crippen LogP contribution in [0, 0.1) is 11.3 Å². The number of ether oxygens (including phenoxy) is 1. The fourth-order valence-electron chi connectivity index (χ4n) is 2.91. The van der Waals surface area contributed by atoms with Crippen molar-refractivity contribution in [2.24, 2.45) is 22.2 Å². The average Bonchev–Trinajstić information content (AvgIpc) is 2.72. The zero-order valence-electron chi connectivity index (χ0n) is 13.4. The van der Waals surface area contributed by atoms with E-state index < -0.39 is 5.41 Å². The van der Waals surface area contributed by atoms with Crippen LogP contribution < -0.4 is 11.1 Å². The van der Waals surface area contributed by atoms with Crippen LogP contribution in [0.1, 0.15) is 52.4 Å². The maximum Gasteiger partial charge on any atom is 0.234 e. The van der Waals surface area contributed by atoms with Gasteiger partial charge >= 0.3 is 0 Å². The van der Waals surface area contributed by atoms with Crippen molar-refractivity contribution in [3.05, 3.63) is 0 Å². The van der Waals surface area contributed by atoms with Gasteiger partial charge in [-0.25, -0.2) is 0 Å². The Morgan fingerprint density at radius 2 is 1.90 bits per heavy atom. The maximum atomic E-state index is 12.8. The fourth-order valence-corrected chi connectivity index (χ4v) is 2.91. The first-order chi connectivity index (χ1) is 9.97. The Hall–Kier alpha value is -1.30. The second-order valence-electron chi connectivity index (χ2n) is 6.26. The lowest BCUT2D eigenvalue weighted by molar-refractivity contribution is -0.129. The van der Waals surface area contributed by atoms with E-state index in [1.807, 2.05) is 13.8 Å². The summed E-state index contributed by atoms with van der Waals surface area (Å²) in [6.07, 6.45) is 5.26. The molecule has 0 bridgehead atoms. The Labute approximate surface area is 127 Å². The predicted molar refractivity (Wildman–Crippen MR) is 82.2 cm³/mol. The lowest BCUT2D eigenvalue weighted by atomic mass is 9.78. The van der Waals surface area contributed by atoms with Crippen molar-refractivity contribution in [3.8, 4) is 0 Å². The molecule has 0 radical (unpaired) electrons. The molecule has 6 nitrogen and oxygen atoms in total. The third-order valence-corrected chi connectivity index (χ3v) is 4.46. The molecule has 1 fully saturated rings. The van der Waals surface area contributed by atoms with Gasteiger partial charge < -0.3 is 21.0 Å². The second-order valence-corrected chi connectivity index (χ2v) is 6.26. The minimum absolute atomic E-state index is 0.0295. The van der Waals surface area contributed by atoms with Crippen molar-refractivity contribution in [3.63, 3.8) is 0 Å². The van der Waals surface area contributed by atoms with Crippen molar-refractivity contribution < 1.29 is 14.7 Å². The van der Waals surface area contributed by atoms with Crippen molar-refractivity contribution in [2.45, 2.75) is 58.4 Å². The Morgan fingerprint density at radius 3 is 2.33 bits per heavy atom. The molecule has 0 heterocycles. The lowest BCUT2D eigenvalue weighted by Gasteiger charge is -2.33. The Kier molecular flexibility index (Phi) is 6.95. The van der Waals surface area contributed by atoms with Gasteiger partial charge in [-0.2, -0.15) is 0 Å². The second kappa shape index (κ2) is 8.22. The topological polar surface area (TPSA) is 96.9 Å². The van der Waals surface area contributed by atoms with E-state index in [1.54, 1.807) is 7.11 Å². The molecule has 1 saturated carbocycles. The molecule has 1 atom stereocenters. The quantitative estimate of drug-likeness (QED) is 0.229. The molecule has 4 N–H and O–H groups in total. The van der Waals surface area contributed by atoms with Gasteiger partial charge in [-0.3, -0.25) is 4.79 Å². The number of rotatable bonds is 6. The van der Waals surface area contributed by atoms with Gasteiger partial charge in [0.1, 0.15) is 5.41 Å². The first-order valence-electron chi connectivity index (χ1n) is 7.76. The van der Waals surface area contributed by atoms with Crippen molar-refractivity contribution in [1.82, 2.24) is 5.32 Å². The average molecular weight is 299 g/mol. The molecular weight excluding hydrogens is 270 g/mol. The van der Waals surface area contributed by atoms with E-state index in [2.05, 4.69) is 10.5 Å². The number of oxime groups is 1. The minimum atomic E-state index is -0.883. The van der Waals surface area contributed by atoms with Gasteiger partial charge in [0.15, 0.2) is 5.84 Å². The number of nitrogens with one attached hydrogen (secondary N) is 1. The summed E-state index contributed by atoms with van der Waals surface area (Å²) < 4.78 is 5.17. The number of hydrogen-bond acceptors (Lipinski definition) is 4. The summed E-state index contributed by atoms with van der Waals surface area (Å²) in [5.74, 6) is 0.140. The molecule has 1 unspecified atom stereocenters. The van der Waals surface area contributed by atoms with Crippen LogP contribution in [0.25, 0.3) is 0 Å². The molecule has 0 aromatic heterocycles. The smallest absolute Gasteiger partial charge is 0.234 e. The summed E-state index contributed by atoms with van der Waals surface area (Å²) in [6, 6.07) is -0.0749. The monoisotopic (exact) mass is 299 g/mol. The summed E-state index contributed by atoms with van der Waals surface area (Å²) in [4.78, 5) is 12.8. The number of nitrogens with two attached hydrogens (primary N) is 1. The van der Waals surface area contributed by atoms with E-state index in [4.69, 9.17) is 15.7 Å². The van der Waals surface area contributed by atoms with Gasteiger partial charge in [0.25, 0.3) is 0 Å². The molecule has 1 rings (SSSR count). The van der Waals surface area contributed by atoms with Crippen molar-refractivity contribution in [1.29, 1.82) is 0 Å². The third-order valence-electron chi connectivity index (χ3n) is 4.46. The van der Waals surface area contributed by atoms with Crippen LogP contribution in [-0.2, 0) is 9.53 Å². The van der Waals surface area contributed by atoms with Gasteiger partial charge in [-0.1, -0.05) is 44.7 Å². The molecule has 0 spiro atoms. The molecule has 122 valence electrons. The summed E-state index contributed by atoms with van der Waals surface area (Å²) in [5.41, 5.74) is 5.00. The zero-order chi connectivity index (χ0) is 15.9. The highest BCUT2D eigenvalue weighted by Gasteiger charge is 2.43.